The Morgan fingerprint density at radius 3 is 2.52 bits per heavy atom. The van der Waals surface area contributed by atoms with E-state index in [4.69, 9.17) is 0 Å². The number of carbonyl (C=O) groups is 2. The van der Waals surface area contributed by atoms with Crippen LogP contribution in [0.15, 0.2) is 29.6 Å². The molecule has 0 saturated carbocycles. The van der Waals surface area contributed by atoms with Crippen LogP contribution in [0.4, 0.5) is 4.79 Å². The molecule has 0 bridgehead atoms. The van der Waals surface area contributed by atoms with Gasteiger partial charge in [-0.05, 0) is 24.6 Å². The molecule has 2 N–H and O–H groups in total. The SMILES string of the molecule is CNC(=O)c1ccc(CN(C)C(=O)NCc2nc(C)cs2)cc1. The summed E-state index contributed by atoms with van der Waals surface area (Å²) in [6, 6.07) is 7.03. The highest BCUT2D eigenvalue weighted by molar-refractivity contribution is 7.09. The van der Waals surface area contributed by atoms with E-state index in [0.717, 1.165) is 16.3 Å². The quantitative estimate of drug-likeness (QED) is 0.881. The van der Waals surface area contributed by atoms with Crippen LogP contribution in [0.2, 0.25) is 0 Å². The fourth-order valence-electron chi connectivity index (χ4n) is 2.02. The molecule has 0 aliphatic carbocycles. The van der Waals surface area contributed by atoms with Gasteiger partial charge in [-0.15, -0.1) is 11.3 Å². The van der Waals surface area contributed by atoms with Crippen LogP contribution in [0, 0.1) is 6.92 Å². The van der Waals surface area contributed by atoms with E-state index in [0.29, 0.717) is 18.7 Å². The van der Waals surface area contributed by atoms with Gasteiger partial charge in [0.2, 0.25) is 0 Å². The molecule has 23 heavy (non-hydrogen) atoms. The van der Waals surface area contributed by atoms with Crippen LogP contribution >= 0.6 is 11.3 Å². The van der Waals surface area contributed by atoms with Crippen molar-refractivity contribution in [2.24, 2.45) is 0 Å². The van der Waals surface area contributed by atoms with Gasteiger partial charge in [0.05, 0.1) is 6.54 Å². The number of amides is 3. The van der Waals surface area contributed by atoms with Gasteiger partial charge < -0.3 is 15.5 Å². The summed E-state index contributed by atoms with van der Waals surface area (Å²) in [5.74, 6) is -0.124. The number of aromatic nitrogens is 1. The average Bonchev–Trinajstić information content (AvgIpc) is 2.98. The molecule has 6 nitrogen and oxygen atoms in total. The molecule has 0 spiro atoms. The normalized spacial score (nSPS) is 10.2. The monoisotopic (exact) mass is 332 g/mol. The van der Waals surface area contributed by atoms with Crippen LogP contribution in [0.25, 0.3) is 0 Å². The van der Waals surface area contributed by atoms with Crippen molar-refractivity contribution in [1.29, 1.82) is 0 Å². The van der Waals surface area contributed by atoms with Gasteiger partial charge in [0.1, 0.15) is 5.01 Å². The van der Waals surface area contributed by atoms with Crippen LogP contribution in [-0.2, 0) is 13.1 Å². The number of hydrogen-bond donors (Lipinski definition) is 2. The third-order valence-corrected chi connectivity index (χ3v) is 4.23. The predicted octanol–water partition coefficient (Wildman–Crippen LogP) is 2.15. The Morgan fingerprint density at radius 1 is 1.26 bits per heavy atom. The number of urea groups is 1. The van der Waals surface area contributed by atoms with Crippen LogP contribution in [0.1, 0.15) is 26.6 Å². The zero-order chi connectivity index (χ0) is 16.8. The van der Waals surface area contributed by atoms with E-state index in [-0.39, 0.29) is 11.9 Å². The number of hydrogen-bond acceptors (Lipinski definition) is 4. The van der Waals surface area contributed by atoms with Crippen molar-refractivity contribution in [3.63, 3.8) is 0 Å². The van der Waals surface area contributed by atoms with Crippen LogP contribution in [-0.4, -0.2) is 35.9 Å². The van der Waals surface area contributed by atoms with E-state index in [1.54, 1.807) is 31.1 Å². The number of nitrogens with zero attached hydrogens (tertiary/aromatic N) is 2. The third-order valence-electron chi connectivity index (χ3n) is 3.27. The predicted molar refractivity (Wildman–Crippen MR) is 90.4 cm³/mol. The Kier molecular flexibility index (Phi) is 5.70. The number of thiazole rings is 1. The van der Waals surface area contributed by atoms with Gasteiger partial charge in [0.25, 0.3) is 5.91 Å². The first-order chi connectivity index (χ1) is 11.0. The summed E-state index contributed by atoms with van der Waals surface area (Å²) in [6.45, 7) is 2.82. The number of benzene rings is 1. The minimum absolute atomic E-state index is 0.124. The van der Waals surface area contributed by atoms with Gasteiger partial charge in [-0.3, -0.25) is 4.79 Å². The summed E-state index contributed by atoms with van der Waals surface area (Å²) < 4.78 is 0. The summed E-state index contributed by atoms with van der Waals surface area (Å²) in [4.78, 5) is 29.5. The largest absolute Gasteiger partial charge is 0.355 e. The van der Waals surface area contributed by atoms with Crippen molar-refractivity contribution >= 4 is 23.3 Å². The maximum Gasteiger partial charge on any atom is 0.317 e. The van der Waals surface area contributed by atoms with Crippen molar-refractivity contribution in [2.75, 3.05) is 14.1 Å². The molecule has 1 aromatic heterocycles. The highest BCUT2D eigenvalue weighted by Gasteiger charge is 2.10. The van der Waals surface area contributed by atoms with E-state index < -0.39 is 0 Å². The van der Waals surface area contributed by atoms with Crippen LogP contribution < -0.4 is 10.6 Å². The smallest absolute Gasteiger partial charge is 0.317 e. The maximum atomic E-state index is 12.1. The number of rotatable bonds is 5. The Labute approximate surface area is 139 Å². The first-order valence-corrected chi connectivity index (χ1v) is 8.08. The molecule has 0 aliphatic heterocycles. The van der Waals surface area contributed by atoms with Crippen LogP contribution in [0.3, 0.4) is 0 Å². The molecule has 7 heteroatoms. The highest BCUT2D eigenvalue weighted by atomic mass is 32.1. The number of aryl methyl sites for hydroxylation is 1. The Morgan fingerprint density at radius 2 is 1.96 bits per heavy atom. The number of carbonyl (C=O) groups excluding carboxylic acids is 2. The second-order valence-corrected chi connectivity index (χ2v) is 6.12. The van der Waals surface area contributed by atoms with Crippen LogP contribution in [0.5, 0.6) is 0 Å². The molecular weight excluding hydrogens is 312 g/mol. The van der Waals surface area contributed by atoms with Gasteiger partial charge in [0, 0.05) is 37.3 Å². The van der Waals surface area contributed by atoms with Gasteiger partial charge in [-0.2, -0.15) is 0 Å². The van der Waals surface area contributed by atoms with Crippen molar-refractivity contribution in [3.8, 4) is 0 Å². The Bertz CT molecular complexity index is 682. The van der Waals surface area contributed by atoms with Crippen molar-refractivity contribution in [2.45, 2.75) is 20.0 Å². The Balaban J connectivity index is 1.86. The molecule has 0 saturated heterocycles. The molecule has 1 heterocycles. The average molecular weight is 332 g/mol. The summed E-state index contributed by atoms with van der Waals surface area (Å²) in [5.41, 5.74) is 2.52. The van der Waals surface area contributed by atoms with E-state index in [2.05, 4.69) is 15.6 Å². The fraction of sp³-hybridized carbons (Fsp3) is 0.312. The minimum atomic E-state index is -0.159. The lowest BCUT2D eigenvalue weighted by Crippen LogP contribution is -2.36. The molecule has 0 radical (unpaired) electrons. The van der Waals surface area contributed by atoms with E-state index in [1.807, 2.05) is 24.4 Å². The molecule has 2 rings (SSSR count). The topological polar surface area (TPSA) is 74.3 Å². The highest BCUT2D eigenvalue weighted by Crippen LogP contribution is 2.09. The first-order valence-electron chi connectivity index (χ1n) is 7.20. The molecule has 1 aromatic carbocycles. The standard InChI is InChI=1S/C16H20N4O2S/c1-11-10-23-14(19-11)8-18-16(22)20(3)9-12-4-6-13(7-5-12)15(21)17-2/h4-7,10H,8-9H2,1-3H3,(H,17,21)(H,18,22). The first kappa shape index (κ1) is 17.0. The minimum Gasteiger partial charge on any atom is -0.355 e. The summed E-state index contributed by atoms with van der Waals surface area (Å²) >= 11 is 1.53. The fourth-order valence-corrected chi connectivity index (χ4v) is 2.73. The Hall–Kier alpha value is -2.41. The zero-order valence-electron chi connectivity index (χ0n) is 13.4. The third kappa shape index (κ3) is 4.79. The molecule has 0 aliphatic rings. The maximum absolute atomic E-state index is 12.1. The second-order valence-electron chi connectivity index (χ2n) is 5.17. The summed E-state index contributed by atoms with van der Waals surface area (Å²) in [7, 11) is 3.33. The van der Waals surface area contributed by atoms with Gasteiger partial charge in [-0.25, -0.2) is 9.78 Å². The molecular formula is C16H20N4O2S. The lowest BCUT2D eigenvalue weighted by Gasteiger charge is -2.17. The lowest BCUT2D eigenvalue weighted by atomic mass is 10.1. The molecule has 0 unspecified atom stereocenters. The molecule has 0 atom stereocenters. The van der Waals surface area contributed by atoms with Crippen molar-refractivity contribution in [3.05, 3.63) is 51.5 Å². The molecule has 2 aromatic rings. The number of nitrogens with one attached hydrogen (secondary N) is 2. The summed E-state index contributed by atoms with van der Waals surface area (Å²) in [5, 5.41) is 8.26. The molecule has 3 amide bonds. The summed E-state index contributed by atoms with van der Waals surface area (Å²) in [6.07, 6.45) is 0. The zero-order valence-corrected chi connectivity index (χ0v) is 14.2. The second kappa shape index (κ2) is 7.73. The van der Waals surface area contributed by atoms with Gasteiger partial charge >= 0.3 is 6.03 Å². The van der Waals surface area contributed by atoms with Gasteiger partial charge in [0.15, 0.2) is 0 Å². The lowest BCUT2D eigenvalue weighted by molar-refractivity contribution is 0.0963. The van der Waals surface area contributed by atoms with E-state index in [1.165, 1.54) is 11.3 Å². The van der Waals surface area contributed by atoms with Crippen molar-refractivity contribution < 1.29 is 9.59 Å². The van der Waals surface area contributed by atoms with Gasteiger partial charge in [-0.1, -0.05) is 12.1 Å². The molecule has 122 valence electrons. The van der Waals surface area contributed by atoms with Crippen molar-refractivity contribution in [1.82, 2.24) is 20.5 Å². The van der Waals surface area contributed by atoms with E-state index >= 15 is 0 Å². The van der Waals surface area contributed by atoms with E-state index in [9.17, 15) is 9.59 Å². The molecule has 0 fully saturated rings.